The predicted molar refractivity (Wildman–Crippen MR) is 81.4 cm³/mol. The van der Waals surface area contributed by atoms with Crippen LogP contribution in [0.1, 0.15) is 35.3 Å². The van der Waals surface area contributed by atoms with E-state index in [0.717, 1.165) is 31.4 Å². The Bertz CT molecular complexity index is 482. The third-order valence-corrected chi connectivity index (χ3v) is 3.60. The fourth-order valence-corrected chi connectivity index (χ4v) is 2.45. The highest BCUT2D eigenvalue weighted by atomic mass is 35.5. The molecule has 1 amide bonds. The fourth-order valence-electron chi connectivity index (χ4n) is 2.45. The van der Waals surface area contributed by atoms with Gasteiger partial charge in [-0.3, -0.25) is 9.78 Å². The van der Waals surface area contributed by atoms with Gasteiger partial charge < -0.3 is 11.1 Å². The van der Waals surface area contributed by atoms with Gasteiger partial charge in [-0.15, -0.1) is 24.8 Å². The molecule has 1 saturated carbocycles. The van der Waals surface area contributed by atoms with Crippen LogP contribution < -0.4 is 11.1 Å². The Hall–Kier alpha value is -1.05. The van der Waals surface area contributed by atoms with Crippen molar-refractivity contribution in [3.05, 3.63) is 29.6 Å². The van der Waals surface area contributed by atoms with Gasteiger partial charge in [-0.25, -0.2) is 0 Å². The van der Waals surface area contributed by atoms with Crippen molar-refractivity contribution in [3.8, 4) is 0 Å². The molecule has 1 fully saturated rings. The number of alkyl halides is 3. The summed E-state index contributed by atoms with van der Waals surface area (Å²) in [7, 11) is 0. The molecule has 1 aromatic heterocycles. The van der Waals surface area contributed by atoms with Crippen LogP contribution in [0.3, 0.4) is 0 Å². The number of rotatable bonds is 3. The zero-order valence-electron chi connectivity index (χ0n) is 11.6. The number of hydrogen-bond acceptors (Lipinski definition) is 3. The number of halogens is 5. The summed E-state index contributed by atoms with van der Waals surface area (Å²) < 4.78 is 37.2. The van der Waals surface area contributed by atoms with Crippen LogP contribution >= 0.6 is 24.8 Å². The van der Waals surface area contributed by atoms with Gasteiger partial charge in [0.2, 0.25) is 0 Å². The highest BCUT2D eigenvalue weighted by molar-refractivity contribution is 5.92. The molecule has 1 aromatic rings. The summed E-state index contributed by atoms with van der Waals surface area (Å²) in [5, 5.41) is 2.79. The molecule has 0 bridgehead atoms. The number of nitrogens with one attached hydrogen (secondary N) is 1. The number of pyridine rings is 1. The van der Waals surface area contributed by atoms with Crippen LogP contribution in [0.15, 0.2) is 18.3 Å². The first-order valence-electron chi connectivity index (χ1n) is 6.46. The van der Waals surface area contributed by atoms with Gasteiger partial charge >= 0.3 is 6.18 Å². The second-order valence-corrected chi connectivity index (χ2v) is 4.94. The number of amides is 1. The number of aromatic nitrogens is 1. The van der Waals surface area contributed by atoms with Crippen molar-refractivity contribution in [1.29, 1.82) is 0 Å². The van der Waals surface area contributed by atoms with E-state index in [1.165, 1.54) is 0 Å². The quantitative estimate of drug-likeness (QED) is 0.871. The number of carbonyl (C=O) groups excluding carboxylic acids is 1. The Kier molecular flexibility index (Phi) is 8.14. The van der Waals surface area contributed by atoms with Crippen LogP contribution in [0.4, 0.5) is 13.2 Å². The van der Waals surface area contributed by atoms with Gasteiger partial charge in [0.15, 0.2) is 0 Å². The molecule has 0 spiro atoms. The number of nitrogens with two attached hydrogens (primary N) is 1. The first-order chi connectivity index (χ1) is 9.41. The molecular weight excluding hydrogens is 342 g/mol. The van der Waals surface area contributed by atoms with Gasteiger partial charge in [0, 0.05) is 12.2 Å². The lowest BCUT2D eigenvalue weighted by Crippen LogP contribution is -2.40. The molecule has 22 heavy (non-hydrogen) atoms. The lowest BCUT2D eigenvalue weighted by molar-refractivity contribution is -0.137. The lowest BCUT2D eigenvalue weighted by Gasteiger charge is -2.19. The minimum atomic E-state index is -4.45. The molecule has 2 atom stereocenters. The van der Waals surface area contributed by atoms with E-state index in [9.17, 15) is 18.0 Å². The third kappa shape index (κ3) is 5.00. The van der Waals surface area contributed by atoms with Crippen molar-refractivity contribution in [2.24, 2.45) is 11.7 Å². The van der Waals surface area contributed by atoms with Crippen molar-refractivity contribution < 1.29 is 18.0 Å². The Labute approximate surface area is 138 Å². The van der Waals surface area contributed by atoms with Gasteiger partial charge in [0.05, 0.1) is 5.56 Å². The molecule has 0 aromatic carbocycles. The normalized spacial score (nSPS) is 20.7. The molecule has 0 saturated heterocycles. The van der Waals surface area contributed by atoms with E-state index in [-0.39, 0.29) is 42.5 Å². The molecule has 0 radical (unpaired) electrons. The van der Waals surface area contributed by atoms with E-state index in [4.69, 9.17) is 5.73 Å². The van der Waals surface area contributed by atoms with Crippen LogP contribution in [0.2, 0.25) is 0 Å². The number of hydrogen-bond donors (Lipinski definition) is 2. The molecular formula is C13H18Cl2F3N3O. The Balaban J connectivity index is 0.00000220. The molecule has 9 heteroatoms. The van der Waals surface area contributed by atoms with E-state index >= 15 is 0 Å². The maximum Gasteiger partial charge on any atom is 0.417 e. The SMILES string of the molecule is Cl.Cl.NCC1CCCC1NC(=O)c1ccc(C(F)(F)F)cn1. The second kappa shape index (κ2) is 8.55. The summed E-state index contributed by atoms with van der Waals surface area (Å²) in [4.78, 5) is 15.5. The van der Waals surface area contributed by atoms with E-state index in [0.29, 0.717) is 12.7 Å². The second-order valence-electron chi connectivity index (χ2n) is 4.94. The molecule has 1 aliphatic carbocycles. The maximum atomic E-state index is 12.4. The van der Waals surface area contributed by atoms with Crippen LogP contribution in [-0.2, 0) is 6.18 Å². The fraction of sp³-hybridized carbons (Fsp3) is 0.538. The van der Waals surface area contributed by atoms with Crippen molar-refractivity contribution >= 4 is 30.7 Å². The van der Waals surface area contributed by atoms with Gasteiger partial charge in [-0.05, 0) is 37.4 Å². The lowest BCUT2D eigenvalue weighted by atomic mass is 10.0. The minimum Gasteiger partial charge on any atom is -0.348 e. The standard InChI is InChI=1S/C13H16F3N3O.2ClH/c14-13(15,16)9-4-5-11(18-7-9)12(20)19-10-3-1-2-8(10)6-17;;/h4-5,7-8,10H,1-3,6,17H2,(H,19,20);2*1H. The average Bonchev–Trinajstić information content (AvgIpc) is 2.85. The highest BCUT2D eigenvalue weighted by Gasteiger charge is 2.31. The Morgan fingerprint density at radius 3 is 2.50 bits per heavy atom. The first-order valence-corrected chi connectivity index (χ1v) is 6.46. The van der Waals surface area contributed by atoms with Crippen molar-refractivity contribution in [3.63, 3.8) is 0 Å². The van der Waals surface area contributed by atoms with Gasteiger partial charge in [0.1, 0.15) is 5.69 Å². The Morgan fingerprint density at radius 1 is 1.32 bits per heavy atom. The predicted octanol–water partition coefficient (Wildman–Crippen LogP) is 2.80. The molecule has 2 unspecified atom stereocenters. The average molecular weight is 360 g/mol. The topological polar surface area (TPSA) is 68.0 Å². The molecule has 1 heterocycles. The Morgan fingerprint density at radius 2 is 2.00 bits per heavy atom. The van der Waals surface area contributed by atoms with E-state index in [1.807, 2.05) is 0 Å². The van der Waals surface area contributed by atoms with E-state index in [1.54, 1.807) is 0 Å². The smallest absolute Gasteiger partial charge is 0.348 e. The molecule has 3 N–H and O–H groups in total. The molecule has 1 aliphatic rings. The number of nitrogens with zero attached hydrogens (tertiary/aromatic N) is 1. The summed E-state index contributed by atoms with van der Waals surface area (Å²) in [5.74, 6) is -0.225. The van der Waals surface area contributed by atoms with Crippen LogP contribution in [0, 0.1) is 5.92 Å². The van der Waals surface area contributed by atoms with Crippen molar-refractivity contribution in [2.45, 2.75) is 31.5 Å². The molecule has 0 aliphatic heterocycles. The molecule has 2 rings (SSSR count). The van der Waals surface area contributed by atoms with Gasteiger partial charge in [-0.1, -0.05) is 6.42 Å². The summed E-state index contributed by atoms with van der Waals surface area (Å²) >= 11 is 0. The minimum absolute atomic E-state index is 0. The zero-order chi connectivity index (χ0) is 14.8. The van der Waals surface area contributed by atoms with E-state index in [2.05, 4.69) is 10.3 Å². The third-order valence-electron chi connectivity index (χ3n) is 3.60. The summed E-state index contributed by atoms with van der Waals surface area (Å²) in [5.41, 5.74) is 4.74. The maximum absolute atomic E-state index is 12.4. The number of carbonyl (C=O) groups is 1. The monoisotopic (exact) mass is 359 g/mol. The van der Waals surface area contributed by atoms with Crippen LogP contribution in [0.5, 0.6) is 0 Å². The van der Waals surface area contributed by atoms with Crippen LogP contribution in [-0.4, -0.2) is 23.5 Å². The van der Waals surface area contributed by atoms with Crippen molar-refractivity contribution in [1.82, 2.24) is 10.3 Å². The largest absolute Gasteiger partial charge is 0.417 e. The van der Waals surface area contributed by atoms with Crippen molar-refractivity contribution in [2.75, 3.05) is 6.54 Å². The van der Waals surface area contributed by atoms with E-state index < -0.39 is 17.6 Å². The van der Waals surface area contributed by atoms with Gasteiger partial charge in [-0.2, -0.15) is 13.2 Å². The zero-order valence-corrected chi connectivity index (χ0v) is 13.2. The molecule has 126 valence electrons. The first kappa shape index (κ1) is 20.9. The molecule has 4 nitrogen and oxygen atoms in total. The summed E-state index contributed by atoms with van der Waals surface area (Å²) in [6.07, 6.45) is -0.981. The summed E-state index contributed by atoms with van der Waals surface area (Å²) in [6, 6.07) is 1.93. The van der Waals surface area contributed by atoms with Crippen LogP contribution in [0.25, 0.3) is 0 Å². The van der Waals surface area contributed by atoms with Gasteiger partial charge in [0.25, 0.3) is 5.91 Å². The highest BCUT2D eigenvalue weighted by Crippen LogP contribution is 2.28. The summed E-state index contributed by atoms with van der Waals surface area (Å²) in [6.45, 7) is 0.491.